The standard InChI is InChI=1S/C28H35F4N9/c1-34-25-21(16-33)27(36-18-35-25)40-9-7-19(8-10-40)26-37-24(17-41(26)14-13-39(4)12-11-38(2)3)20-5-6-23(29)22(15-20)28(30,31)32/h5-6,15,17-19H,7-14H2,1-4H3,(H,34,35,36). The summed E-state index contributed by atoms with van der Waals surface area (Å²) in [5, 5.41) is 12.6. The maximum absolute atomic E-state index is 14.0. The number of hydrogen-bond acceptors (Lipinski definition) is 8. The van der Waals surface area contributed by atoms with Crippen molar-refractivity contribution in [1.29, 1.82) is 5.26 Å². The van der Waals surface area contributed by atoms with Crippen molar-refractivity contribution in [2.75, 3.05) is 71.1 Å². The van der Waals surface area contributed by atoms with E-state index in [1.165, 1.54) is 12.4 Å². The van der Waals surface area contributed by atoms with Gasteiger partial charge in [0.2, 0.25) is 0 Å². The van der Waals surface area contributed by atoms with Gasteiger partial charge < -0.3 is 24.6 Å². The molecule has 1 aliphatic rings. The molecule has 41 heavy (non-hydrogen) atoms. The maximum atomic E-state index is 14.0. The number of nitrogens with one attached hydrogen (secondary N) is 1. The van der Waals surface area contributed by atoms with Gasteiger partial charge in [-0.15, -0.1) is 0 Å². The molecule has 4 rings (SSSR count). The first kappa shape index (κ1) is 30.2. The van der Waals surface area contributed by atoms with E-state index in [-0.39, 0.29) is 11.5 Å². The molecule has 9 nitrogen and oxygen atoms in total. The number of anilines is 2. The van der Waals surface area contributed by atoms with Crippen LogP contribution in [0.1, 0.15) is 35.7 Å². The minimum Gasteiger partial charge on any atom is -0.372 e. The van der Waals surface area contributed by atoms with E-state index < -0.39 is 17.6 Å². The molecular formula is C28H35F4N9. The first-order valence-corrected chi connectivity index (χ1v) is 13.5. The topological polar surface area (TPSA) is 89.1 Å². The molecule has 13 heteroatoms. The van der Waals surface area contributed by atoms with E-state index in [2.05, 4.69) is 36.1 Å². The average molecular weight is 574 g/mol. The van der Waals surface area contributed by atoms with Gasteiger partial charge in [0.1, 0.15) is 35.4 Å². The Balaban J connectivity index is 1.59. The van der Waals surface area contributed by atoms with Crippen LogP contribution in [0.4, 0.5) is 29.2 Å². The lowest BCUT2D eigenvalue weighted by Crippen LogP contribution is -2.35. The van der Waals surface area contributed by atoms with Gasteiger partial charge in [-0.1, -0.05) is 0 Å². The third kappa shape index (κ3) is 7.12. The van der Waals surface area contributed by atoms with Crippen molar-refractivity contribution in [1.82, 2.24) is 29.3 Å². The van der Waals surface area contributed by atoms with Crippen LogP contribution in [-0.2, 0) is 12.7 Å². The van der Waals surface area contributed by atoms with E-state index in [0.717, 1.165) is 37.6 Å². The summed E-state index contributed by atoms with van der Waals surface area (Å²) in [7, 11) is 7.76. The number of likely N-dealkylation sites (N-methyl/N-ethyl adjacent to an activating group) is 2. The first-order valence-electron chi connectivity index (χ1n) is 13.5. The summed E-state index contributed by atoms with van der Waals surface area (Å²) in [6, 6.07) is 5.20. The van der Waals surface area contributed by atoms with E-state index >= 15 is 0 Å². The Hall–Kier alpha value is -3.76. The number of aromatic nitrogens is 4. The van der Waals surface area contributed by atoms with Gasteiger partial charge in [-0.05, 0) is 52.2 Å². The molecule has 0 bridgehead atoms. The highest BCUT2D eigenvalue weighted by atomic mass is 19.4. The lowest BCUT2D eigenvalue weighted by Gasteiger charge is -2.33. The van der Waals surface area contributed by atoms with Crippen molar-refractivity contribution in [2.45, 2.75) is 31.5 Å². The van der Waals surface area contributed by atoms with E-state index in [1.807, 2.05) is 25.7 Å². The van der Waals surface area contributed by atoms with Crippen LogP contribution in [0.2, 0.25) is 0 Å². The minimum absolute atomic E-state index is 0.0470. The quantitative estimate of drug-likeness (QED) is 0.360. The average Bonchev–Trinajstić information content (AvgIpc) is 3.38. The van der Waals surface area contributed by atoms with Gasteiger partial charge in [0.25, 0.3) is 0 Å². The SMILES string of the molecule is CNc1ncnc(N2CCC(c3nc(-c4ccc(F)c(C(F)(F)F)c4)cn3CCN(C)CCN(C)C)CC2)c1C#N. The normalized spacial score (nSPS) is 14.6. The van der Waals surface area contributed by atoms with E-state index in [9.17, 15) is 22.8 Å². The molecule has 2 aromatic heterocycles. The van der Waals surface area contributed by atoms with Crippen molar-refractivity contribution in [3.8, 4) is 17.3 Å². The van der Waals surface area contributed by atoms with E-state index in [0.29, 0.717) is 55.4 Å². The second-order valence-electron chi connectivity index (χ2n) is 10.5. The van der Waals surface area contributed by atoms with Crippen molar-refractivity contribution in [3.05, 3.63) is 53.5 Å². The molecular weight excluding hydrogens is 538 g/mol. The molecule has 220 valence electrons. The fourth-order valence-corrected chi connectivity index (χ4v) is 5.00. The molecule has 0 amide bonds. The van der Waals surface area contributed by atoms with Crippen LogP contribution in [-0.4, -0.2) is 90.2 Å². The lowest BCUT2D eigenvalue weighted by molar-refractivity contribution is -0.139. The summed E-state index contributed by atoms with van der Waals surface area (Å²) >= 11 is 0. The Morgan fingerprint density at radius 2 is 1.83 bits per heavy atom. The summed E-state index contributed by atoms with van der Waals surface area (Å²) in [6.45, 7) is 4.35. The van der Waals surface area contributed by atoms with Crippen LogP contribution in [0.5, 0.6) is 0 Å². The molecule has 0 aliphatic carbocycles. The van der Waals surface area contributed by atoms with Crippen molar-refractivity contribution >= 4 is 11.6 Å². The smallest absolute Gasteiger partial charge is 0.372 e. The Bertz CT molecular complexity index is 1370. The highest BCUT2D eigenvalue weighted by Gasteiger charge is 2.35. The molecule has 0 unspecified atom stereocenters. The van der Waals surface area contributed by atoms with Crippen LogP contribution in [0.25, 0.3) is 11.3 Å². The van der Waals surface area contributed by atoms with Gasteiger partial charge in [0.15, 0.2) is 5.82 Å². The Morgan fingerprint density at radius 3 is 2.46 bits per heavy atom. The Morgan fingerprint density at radius 1 is 1.10 bits per heavy atom. The van der Waals surface area contributed by atoms with E-state index in [4.69, 9.17) is 4.98 Å². The Labute approximate surface area is 237 Å². The number of imidazole rings is 1. The summed E-state index contributed by atoms with van der Waals surface area (Å²) in [6.07, 6.45) is -0.171. The van der Waals surface area contributed by atoms with Gasteiger partial charge >= 0.3 is 6.18 Å². The monoisotopic (exact) mass is 573 g/mol. The molecule has 1 N–H and O–H groups in total. The zero-order valence-corrected chi connectivity index (χ0v) is 23.7. The van der Waals surface area contributed by atoms with Crippen LogP contribution in [0.15, 0.2) is 30.7 Å². The predicted molar refractivity (Wildman–Crippen MR) is 149 cm³/mol. The van der Waals surface area contributed by atoms with Crippen LogP contribution >= 0.6 is 0 Å². The van der Waals surface area contributed by atoms with Gasteiger partial charge in [0, 0.05) is 64.0 Å². The second kappa shape index (κ2) is 12.8. The lowest BCUT2D eigenvalue weighted by atomic mass is 9.95. The number of rotatable bonds is 10. The van der Waals surface area contributed by atoms with Gasteiger partial charge in [-0.25, -0.2) is 19.3 Å². The molecule has 1 aromatic carbocycles. The van der Waals surface area contributed by atoms with Crippen molar-refractivity contribution in [3.63, 3.8) is 0 Å². The number of piperidine rings is 1. The number of alkyl halides is 3. The van der Waals surface area contributed by atoms with E-state index in [1.54, 1.807) is 13.2 Å². The second-order valence-corrected chi connectivity index (χ2v) is 10.5. The molecule has 0 atom stereocenters. The highest BCUT2D eigenvalue weighted by molar-refractivity contribution is 5.65. The summed E-state index contributed by atoms with van der Waals surface area (Å²) in [4.78, 5) is 19.6. The summed E-state index contributed by atoms with van der Waals surface area (Å²) in [5.41, 5.74) is -0.321. The highest BCUT2D eigenvalue weighted by Crippen LogP contribution is 2.36. The third-order valence-corrected chi connectivity index (χ3v) is 7.36. The first-order chi connectivity index (χ1) is 19.5. The number of nitrogens with zero attached hydrogens (tertiary/aromatic N) is 8. The maximum Gasteiger partial charge on any atom is 0.419 e. The predicted octanol–water partition coefficient (Wildman–Crippen LogP) is 4.29. The van der Waals surface area contributed by atoms with Crippen LogP contribution in [0, 0.1) is 17.1 Å². The van der Waals surface area contributed by atoms with Crippen molar-refractivity contribution in [2.24, 2.45) is 0 Å². The van der Waals surface area contributed by atoms with Gasteiger partial charge in [0.05, 0.1) is 11.3 Å². The molecule has 0 radical (unpaired) electrons. The third-order valence-electron chi connectivity index (χ3n) is 7.36. The molecule has 1 saturated heterocycles. The molecule has 1 fully saturated rings. The summed E-state index contributed by atoms with van der Waals surface area (Å²) in [5.74, 6) is 0.570. The zero-order chi connectivity index (χ0) is 29.7. The molecule has 3 aromatic rings. The van der Waals surface area contributed by atoms with Crippen LogP contribution < -0.4 is 10.2 Å². The number of halogens is 4. The number of benzene rings is 1. The zero-order valence-electron chi connectivity index (χ0n) is 23.7. The fraction of sp³-hybridized carbons (Fsp3) is 0.500. The Kier molecular flexibility index (Phi) is 9.45. The van der Waals surface area contributed by atoms with Crippen LogP contribution in [0.3, 0.4) is 0 Å². The molecule has 0 saturated carbocycles. The number of hydrogen-bond donors (Lipinski definition) is 1. The fourth-order valence-electron chi connectivity index (χ4n) is 5.00. The number of nitriles is 1. The molecule has 0 spiro atoms. The van der Waals surface area contributed by atoms with Crippen molar-refractivity contribution < 1.29 is 17.6 Å². The molecule has 1 aliphatic heterocycles. The van der Waals surface area contributed by atoms with Gasteiger partial charge in [-0.2, -0.15) is 18.4 Å². The minimum atomic E-state index is -4.80. The van der Waals surface area contributed by atoms with Gasteiger partial charge in [-0.3, -0.25) is 0 Å². The summed E-state index contributed by atoms with van der Waals surface area (Å²) < 4.78 is 56.3. The largest absolute Gasteiger partial charge is 0.419 e. The molecule has 3 heterocycles.